The van der Waals surface area contributed by atoms with Crippen LogP contribution in [0.1, 0.15) is 64.4 Å². The van der Waals surface area contributed by atoms with Gasteiger partial charge in [0.2, 0.25) is 0 Å². The maximum Gasteiger partial charge on any atom is 0.130 e. The number of fused-ring (bicyclic) bond motifs is 1. The maximum atomic E-state index is 6.25. The molecule has 0 amide bonds. The molecule has 2 aromatic rings. The van der Waals surface area contributed by atoms with Crippen molar-refractivity contribution in [2.45, 2.75) is 65.2 Å². The van der Waals surface area contributed by atoms with Crippen molar-refractivity contribution in [3.05, 3.63) is 35.9 Å². The number of unbranched alkanes of at least 4 members (excludes halogenated alkanes) is 5. The van der Waals surface area contributed by atoms with Gasteiger partial charge in [0, 0.05) is 16.7 Å². The average Bonchev–Trinajstić information content (AvgIpc) is 2.68. The fourth-order valence-electron chi connectivity index (χ4n) is 3.22. The molecule has 0 saturated carbocycles. The first-order valence-electron chi connectivity index (χ1n) is 10.2. The second-order valence-corrected chi connectivity index (χ2v) is 7.15. The van der Waals surface area contributed by atoms with Crippen LogP contribution in [0.15, 0.2) is 30.3 Å². The van der Waals surface area contributed by atoms with Crippen molar-refractivity contribution >= 4 is 22.4 Å². The van der Waals surface area contributed by atoms with Crippen LogP contribution in [0.25, 0.3) is 10.8 Å². The van der Waals surface area contributed by atoms with Crippen LogP contribution in [0.5, 0.6) is 11.5 Å². The molecule has 2 rings (SSSR count). The van der Waals surface area contributed by atoms with Gasteiger partial charge in [-0.2, -0.15) is 0 Å². The van der Waals surface area contributed by atoms with Gasteiger partial charge in [0.15, 0.2) is 0 Å². The van der Waals surface area contributed by atoms with Gasteiger partial charge >= 0.3 is 0 Å². The minimum absolute atomic E-state index is 0.623. The topological polar surface area (TPSA) is 18.5 Å². The molecule has 144 valence electrons. The summed E-state index contributed by atoms with van der Waals surface area (Å²) in [5, 5.41) is 2.27. The third kappa shape index (κ3) is 6.09. The van der Waals surface area contributed by atoms with Crippen molar-refractivity contribution < 1.29 is 9.47 Å². The van der Waals surface area contributed by atoms with Gasteiger partial charge < -0.3 is 9.47 Å². The molecule has 0 bridgehead atoms. The van der Waals surface area contributed by atoms with Gasteiger partial charge in [-0.15, -0.1) is 11.6 Å². The molecule has 0 aliphatic carbocycles. The molecule has 0 aromatic heterocycles. The van der Waals surface area contributed by atoms with Gasteiger partial charge in [-0.3, -0.25) is 0 Å². The molecule has 0 N–H and O–H groups in total. The molecule has 0 heterocycles. The molecular weight excluding hydrogens is 344 g/mol. The summed E-state index contributed by atoms with van der Waals surface area (Å²) in [6.45, 7) is 5.86. The Bertz CT molecular complexity index is 654. The van der Waals surface area contributed by atoms with E-state index in [-0.39, 0.29) is 0 Å². The molecular formula is C23H33ClO2. The van der Waals surface area contributed by atoms with Crippen molar-refractivity contribution in [2.24, 2.45) is 0 Å². The monoisotopic (exact) mass is 376 g/mol. The minimum Gasteiger partial charge on any atom is -0.493 e. The first-order valence-corrected chi connectivity index (χ1v) is 10.7. The van der Waals surface area contributed by atoms with Gasteiger partial charge in [0.1, 0.15) is 11.5 Å². The van der Waals surface area contributed by atoms with Crippen molar-refractivity contribution in [1.29, 1.82) is 0 Å². The standard InChI is InChI=1S/C23H33ClO2/c1-3-5-6-7-8-11-16-26-23-19(4-2)18-22(25-17-12-15-24)20-13-9-10-14-21(20)23/h9-10,13-14,18H,3-8,11-12,15-17H2,1-2H3. The summed E-state index contributed by atoms with van der Waals surface area (Å²) in [7, 11) is 0. The Morgan fingerprint density at radius 3 is 2.23 bits per heavy atom. The zero-order chi connectivity index (χ0) is 18.6. The first kappa shape index (κ1) is 20.9. The Morgan fingerprint density at radius 2 is 1.50 bits per heavy atom. The second kappa shape index (κ2) is 12.1. The third-order valence-electron chi connectivity index (χ3n) is 4.69. The van der Waals surface area contributed by atoms with Gasteiger partial charge in [-0.05, 0) is 30.9 Å². The number of hydrogen-bond acceptors (Lipinski definition) is 2. The number of alkyl halides is 1. The van der Waals surface area contributed by atoms with E-state index in [2.05, 4.69) is 44.2 Å². The number of benzene rings is 2. The van der Waals surface area contributed by atoms with Crippen molar-refractivity contribution in [1.82, 2.24) is 0 Å². The van der Waals surface area contributed by atoms with Crippen LogP contribution < -0.4 is 9.47 Å². The van der Waals surface area contributed by atoms with E-state index in [9.17, 15) is 0 Å². The first-order chi connectivity index (χ1) is 12.8. The molecule has 0 fully saturated rings. The van der Waals surface area contributed by atoms with E-state index in [1.807, 2.05) is 0 Å². The summed E-state index contributed by atoms with van der Waals surface area (Å²) in [5.74, 6) is 2.59. The lowest BCUT2D eigenvalue weighted by molar-refractivity contribution is 0.302. The van der Waals surface area contributed by atoms with Crippen LogP contribution in [0.2, 0.25) is 0 Å². The third-order valence-corrected chi connectivity index (χ3v) is 4.96. The minimum atomic E-state index is 0.623. The lowest BCUT2D eigenvalue weighted by Crippen LogP contribution is -2.04. The van der Waals surface area contributed by atoms with Gasteiger partial charge in [0.05, 0.1) is 13.2 Å². The molecule has 0 radical (unpaired) electrons. The summed E-state index contributed by atoms with van der Waals surface area (Å²) in [4.78, 5) is 0. The predicted molar refractivity (Wildman–Crippen MR) is 113 cm³/mol. The van der Waals surface area contributed by atoms with Crippen LogP contribution in [0.4, 0.5) is 0 Å². The SMILES string of the molecule is CCCCCCCCOc1c(CC)cc(OCCCCl)c2ccccc12. The summed E-state index contributed by atoms with van der Waals surface area (Å²) in [5.41, 5.74) is 1.22. The lowest BCUT2D eigenvalue weighted by atomic mass is 10.0. The smallest absolute Gasteiger partial charge is 0.130 e. The number of rotatable bonds is 13. The molecule has 0 saturated heterocycles. The molecule has 0 aliphatic heterocycles. The highest BCUT2D eigenvalue weighted by atomic mass is 35.5. The average molecular weight is 377 g/mol. The summed E-state index contributed by atoms with van der Waals surface area (Å²) in [6, 6.07) is 10.5. The zero-order valence-corrected chi connectivity index (χ0v) is 17.1. The predicted octanol–water partition coefficient (Wildman–Crippen LogP) is 7.15. The molecule has 0 aliphatic rings. The summed E-state index contributed by atoms with van der Waals surface area (Å²) < 4.78 is 12.2. The summed E-state index contributed by atoms with van der Waals surface area (Å²) in [6.07, 6.45) is 9.45. The quantitative estimate of drug-likeness (QED) is 0.273. The number of halogens is 1. The van der Waals surface area contributed by atoms with Crippen molar-refractivity contribution in [2.75, 3.05) is 19.1 Å². The number of aryl methyl sites for hydroxylation is 1. The van der Waals surface area contributed by atoms with E-state index in [1.54, 1.807) is 0 Å². The highest BCUT2D eigenvalue weighted by Crippen LogP contribution is 2.37. The van der Waals surface area contributed by atoms with E-state index in [0.717, 1.165) is 48.1 Å². The fraction of sp³-hybridized carbons (Fsp3) is 0.565. The van der Waals surface area contributed by atoms with Crippen molar-refractivity contribution in [3.8, 4) is 11.5 Å². The second-order valence-electron chi connectivity index (χ2n) is 6.77. The van der Waals surface area contributed by atoms with Gasteiger partial charge in [-0.25, -0.2) is 0 Å². The van der Waals surface area contributed by atoms with E-state index in [1.165, 1.54) is 37.7 Å². The van der Waals surface area contributed by atoms with Crippen LogP contribution in [-0.4, -0.2) is 19.1 Å². The number of hydrogen-bond donors (Lipinski definition) is 0. The Morgan fingerprint density at radius 1 is 0.808 bits per heavy atom. The van der Waals surface area contributed by atoms with Crippen LogP contribution in [0.3, 0.4) is 0 Å². The van der Waals surface area contributed by atoms with Crippen molar-refractivity contribution in [3.63, 3.8) is 0 Å². The van der Waals surface area contributed by atoms with Gasteiger partial charge in [-0.1, -0.05) is 70.2 Å². The number of ether oxygens (including phenoxy) is 2. The van der Waals surface area contributed by atoms with Crippen LogP contribution >= 0.6 is 11.6 Å². The molecule has 2 aromatic carbocycles. The molecule has 0 atom stereocenters. The zero-order valence-electron chi connectivity index (χ0n) is 16.4. The Kier molecular flexibility index (Phi) is 9.70. The lowest BCUT2D eigenvalue weighted by Gasteiger charge is -2.17. The molecule has 26 heavy (non-hydrogen) atoms. The van der Waals surface area contributed by atoms with Crippen LogP contribution in [-0.2, 0) is 6.42 Å². The molecule has 0 spiro atoms. The molecule has 2 nitrogen and oxygen atoms in total. The Labute approximate surface area is 163 Å². The van der Waals surface area contributed by atoms with E-state index >= 15 is 0 Å². The maximum absolute atomic E-state index is 6.25. The highest BCUT2D eigenvalue weighted by molar-refractivity contribution is 6.17. The molecule has 3 heteroatoms. The van der Waals surface area contributed by atoms with E-state index < -0.39 is 0 Å². The normalized spacial score (nSPS) is 11.0. The van der Waals surface area contributed by atoms with Crippen LogP contribution in [0, 0.1) is 0 Å². The summed E-state index contributed by atoms with van der Waals surface area (Å²) >= 11 is 5.78. The molecule has 0 unspecified atom stereocenters. The largest absolute Gasteiger partial charge is 0.493 e. The van der Waals surface area contributed by atoms with E-state index in [4.69, 9.17) is 21.1 Å². The Hall–Kier alpha value is -1.41. The Balaban J connectivity index is 2.09. The fourth-order valence-corrected chi connectivity index (χ4v) is 3.33. The van der Waals surface area contributed by atoms with E-state index in [0.29, 0.717) is 12.5 Å². The highest BCUT2D eigenvalue weighted by Gasteiger charge is 2.13. The van der Waals surface area contributed by atoms with Gasteiger partial charge in [0.25, 0.3) is 0 Å².